The number of likely N-dealkylation sites (tertiary alicyclic amines) is 1. The maximum Gasteiger partial charge on any atom is 0.146 e. The maximum atomic E-state index is 6.21. The van der Waals surface area contributed by atoms with Gasteiger partial charge in [0.15, 0.2) is 0 Å². The molecular formula is C19H23N5. The van der Waals surface area contributed by atoms with Gasteiger partial charge >= 0.3 is 0 Å². The third kappa shape index (κ3) is 2.55. The third-order valence-electron chi connectivity index (χ3n) is 5.12. The molecule has 124 valence electrons. The Morgan fingerprint density at radius 2 is 1.88 bits per heavy atom. The molecule has 2 aromatic heterocycles. The van der Waals surface area contributed by atoms with Crippen molar-refractivity contribution >= 4 is 16.9 Å². The third-order valence-corrected chi connectivity index (χ3v) is 5.12. The second-order valence-electron chi connectivity index (χ2n) is 6.44. The van der Waals surface area contributed by atoms with Crippen molar-refractivity contribution in [3.05, 3.63) is 42.9 Å². The number of aromatic nitrogens is 3. The molecule has 5 heteroatoms. The van der Waals surface area contributed by atoms with Gasteiger partial charge in [0.25, 0.3) is 0 Å². The van der Waals surface area contributed by atoms with Crippen LogP contribution in [-0.2, 0) is 0 Å². The standard InChI is InChI=1S/C19H23N5/c1-2-23-10-8-15(9-11-23)24-12-16(14-6-4-3-5-7-14)17-18(20)21-13-22-19(17)24/h3-7,12-13,15H,2,8-11H2,1H3,(H2,20,21,22). The summed E-state index contributed by atoms with van der Waals surface area (Å²) in [4.78, 5) is 11.3. The number of piperidine rings is 1. The molecule has 0 amide bonds. The van der Waals surface area contributed by atoms with E-state index in [0.29, 0.717) is 11.9 Å². The Morgan fingerprint density at radius 1 is 1.12 bits per heavy atom. The maximum absolute atomic E-state index is 6.21. The van der Waals surface area contributed by atoms with E-state index in [1.54, 1.807) is 6.33 Å². The first-order valence-electron chi connectivity index (χ1n) is 8.66. The minimum atomic E-state index is 0.474. The highest BCUT2D eigenvalue weighted by molar-refractivity contribution is 6.00. The summed E-state index contributed by atoms with van der Waals surface area (Å²) >= 11 is 0. The number of nitrogen functional groups attached to an aromatic ring is 1. The van der Waals surface area contributed by atoms with Crippen molar-refractivity contribution < 1.29 is 0 Å². The molecule has 1 aromatic carbocycles. The van der Waals surface area contributed by atoms with Crippen LogP contribution in [0.15, 0.2) is 42.9 Å². The van der Waals surface area contributed by atoms with Crippen LogP contribution >= 0.6 is 0 Å². The highest BCUT2D eigenvalue weighted by Gasteiger charge is 2.23. The first-order valence-corrected chi connectivity index (χ1v) is 8.66. The number of anilines is 1. The summed E-state index contributed by atoms with van der Waals surface area (Å²) in [5.74, 6) is 0.559. The van der Waals surface area contributed by atoms with Gasteiger partial charge in [0.2, 0.25) is 0 Å². The Balaban J connectivity index is 1.81. The molecular weight excluding hydrogens is 298 g/mol. The van der Waals surface area contributed by atoms with E-state index in [4.69, 9.17) is 5.73 Å². The van der Waals surface area contributed by atoms with E-state index in [2.05, 4.69) is 56.8 Å². The van der Waals surface area contributed by atoms with E-state index < -0.39 is 0 Å². The van der Waals surface area contributed by atoms with E-state index in [-0.39, 0.29) is 0 Å². The number of hydrogen-bond donors (Lipinski definition) is 1. The molecule has 1 aliphatic heterocycles. The quantitative estimate of drug-likeness (QED) is 0.804. The summed E-state index contributed by atoms with van der Waals surface area (Å²) in [7, 11) is 0. The normalized spacial score (nSPS) is 16.7. The minimum Gasteiger partial charge on any atom is -0.383 e. The molecule has 0 unspecified atom stereocenters. The van der Waals surface area contributed by atoms with Gasteiger partial charge in [-0.15, -0.1) is 0 Å². The molecule has 0 bridgehead atoms. The predicted molar refractivity (Wildman–Crippen MR) is 97.8 cm³/mol. The summed E-state index contributed by atoms with van der Waals surface area (Å²) in [6, 6.07) is 10.8. The van der Waals surface area contributed by atoms with Crippen molar-refractivity contribution in [2.75, 3.05) is 25.4 Å². The zero-order valence-corrected chi connectivity index (χ0v) is 14.0. The van der Waals surface area contributed by atoms with Crippen molar-refractivity contribution in [2.45, 2.75) is 25.8 Å². The molecule has 2 N–H and O–H groups in total. The molecule has 0 saturated carbocycles. The van der Waals surface area contributed by atoms with Crippen LogP contribution in [0.1, 0.15) is 25.8 Å². The first-order chi connectivity index (χ1) is 11.8. The number of benzene rings is 1. The average Bonchev–Trinajstić information content (AvgIpc) is 3.04. The van der Waals surface area contributed by atoms with Gasteiger partial charge in [0.05, 0.1) is 5.39 Å². The van der Waals surface area contributed by atoms with E-state index in [1.165, 1.54) is 0 Å². The number of rotatable bonds is 3. The summed E-state index contributed by atoms with van der Waals surface area (Å²) in [6.45, 7) is 5.64. The van der Waals surface area contributed by atoms with Crippen LogP contribution in [-0.4, -0.2) is 39.1 Å². The Bertz CT molecular complexity index is 832. The number of hydrogen-bond acceptors (Lipinski definition) is 4. The molecule has 1 saturated heterocycles. The minimum absolute atomic E-state index is 0.474. The van der Waals surface area contributed by atoms with E-state index >= 15 is 0 Å². The lowest BCUT2D eigenvalue weighted by molar-refractivity contribution is 0.196. The van der Waals surface area contributed by atoms with Crippen LogP contribution in [0.25, 0.3) is 22.2 Å². The molecule has 1 aliphatic rings. The Labute approximate surface area is 142 Å². The molecule has 0 spiro atoms. The van der Waals surface area contributed by atoms with Gasteiger partial charge in [-0.1, -0.05) is 37.3 Å². The fourth-order valence-electron chi connectivity index (χ4n) is 3.74. The van der Waals surface area contributed by atoms with Crippen molar-refractivity contribution in [1.82, 2.24) is 19.4 Å². The SMILES string of the molecule is CCN1CCC(n2cc(-c3ccccc3)c3c(N)ncnc32)CC1. The summed E-state index contributed by atoms with van der Waals surface area (Å²) < 4.78 is 2.32. The van der Waals surface area contributed by atoms with Gasteiger partial charge in [-0.3, -0.25) is 0 Å². The molecule has 3 aromatic rings. The van der Waals surface area contributed by atoms with Crippen LogP contribution < -0.4 is 5.73 Å². The lowest BCUT2D eigenvalue weighted by Gasteiger charge is -2.32. The van der Waals surface area contributed by atoms with E-state index in [1.807, 2.05) is 6.07 Å². The molecule has 4 rings (SSSR count). The second kappa shape index (κ2) is 6.24. The number of nitrogens with zero attached hydrogens (tertiary/aromatic N) is 4. The predicted octanol–water partition coefficient (Wildman–Crippen LogP) is 3.34. The summed E-state index contributed by atoms with van der Waals surface area (Å²) in [6.07, 6.45) is 6.09. The van der Waals surface area contributed by atoms with Gasteiger partial charge in [0, 0.05) is 30.9 Å². The van der Waals surface area contributed by atoms with Crippen molar-refractivity contribution in [1.29, 1.82) is 0 Å². The van der Waals surface area contributed by atoms with Crippen molar-refractivity contribution in [2.24, 2.45) is 0 Å². The van der Waals surface area contributed by atoms with E-state index in [9.17, 15) is 0 Å². The van der Waals surface area contributed by atoms with Gasteiger partial charge in [0.1, 0.15) is 17.8 Å². The Hall–Kier alpha value is -2.40. The second-order valence-corrected chi connectivity index (χ2v) is 6.44. The number of fused-ring (bicyclic) bond motifs is 1. The van der Waals surface area contributed by atoms with Crippen LogP contribution in [0.5, 0.6) is 0 Å². The highest BCUT2D eigenvalue weighted by Crippen LogP contribution is 2.36. The smallest absolute Gasteiger partial charge is 0.146 e. The van der Waals surface area contributed by atoms with Gasteiger partial charge in [-0.2, -0.15) is 0 Å². The summed E-state index contributed by atoms with van der Waals surface area (Å²) in [5, 5.41) is 0.974. The zero-order valence-electron chi connectivity index (χ0n) is 14.0. The largest absolute Gasteiger partial charge is 0.383 e. The molecule has 5 nitrogen and oxygen atoms in total. The summed E-state index contributed by atoms with van der Waals surface area (Å²) in [5.41, 5.74) is 9.45. The van der Waals surface area contributed by atoms with Gasteiger partial charge < -0.3 is 15.2 Å². The molecule has 0 atom stereocenters. The van der Waals surface area contributed by atoms with Crippen LogP contribution in [0.2, 0.25) is 0 Å². The zero-order chi connectivity index (χ0) is 16.5. The van der Waals surface area contributed by atoms with Crippen molar-refractivity contribution in [3.8, 4) is 11.1 Å². The van der Waals surface area contributed by atoms with Crippen LogP contribution in [0.3, 0.4) is 0 Å². The number of nitrogens with two attached hydrogens (primary N) is 1. The molecule has 0 radical (unpaired) electrons. The highest BCUT2D eigenvalue weighted by atomic mass is 15.2. The Morgan fingerprint density at radius 3 is 2.58 bits per heavy atom. The molecule has 3 heterocycles. The fourth-order valence-corrected chi connectivity index (χ4v) is 3.74. The molecule has 24 heavy (non-hydrogen) atoms. The first kappa shape index (κ1) is 15.1. The average molecular weight is 321 g/mol. The van der Waals surface area contributed by atoms with Gasteiger partial charge in [-0.25, -0.2) is 9.97 Å². The van der Waals surface area contributed by atoms with Crippen LogP contribution in [0.4, 0.5) is 5.82 Å². The molecule has 0 aliphatic carbocycles. The fraction of sp³-hybridized carbons (Fsp3) is 0.368. The monoisotopic (exact) mass is 321 g/mol. The van der Waals surface area contributed by atoms with Crippen molar-refractivity contribution in [3.63, 3.8) is 0 Å². The lowest BCUT2D eigenvalue weighted by atomic mass is 10.0. The topological polar surface area (TPSA) is 60.0 Å². The lowest BCUT2D eigenvalue weighted by Crippen LogP contribution is -2.34. The van der Waals surface area contributed by atoms with Crippen LogP contribution in [0, 0.1) is 0 Å². The van der Waals surface area contributed by atoms with Gasteiger partial charge in [-0.05, 0) is 24.9 Å². The Kier molecular flexibility index (Phi) is 3.94. The molecule has 1 fully saturated rings. The van der Waals surface area contributed by atoms with E-state index in [0.717, 1.165) is 54.6 Å².